The topological polar surface area (TPSA) is 19.0 Å². The van der Waals surface area contributed by atoms with E-state index < -0.39 is 0 Å². The Labute approximate surface area is 184 Å². The van der Waals surface area contributed by atoms with Crippen molar-refractivity contribution >= 4 is 0 Å². The first-order chi connectivity index (χ1) is 14.8. The predicted octanol–water partition coefficient (Wildman–Crippen LogP) is 4.43. The fraction of sp³-hybridized carbons (Fsp3) is 0.769. The summed E-state index contributed by atoms with van der Waals surface area (Å²) in [5.41, 5.74) is 1.51. The summed E-state index contributed by atoms with van der Waals surface area (Å²) < 4.78 is 5.32. The lowest BCUT2D eigenvalue weighted by Crippen LogP contribution is -2.49. The fourth-order valence-corrected chi connectivity index (χ4v) is 5.94. The van der Waals surface area contributed by atoms with Gasteiger partial charge < -0.3 is 14.5 Å². The highest BCUT2D eigenvalue weighted by Crippen LogP contribution is 2.30. The van der Waals surface area contributed by atoms with E-state index in [0.29, 0.717) is 6.04 Å². The molecule has 1 aromatic rings. The third kappa shape index (κ3) is 6.06. The number of piperidine rings is 3. The van der Waals surface area contributed by atoms with Crippen molar-refractivity contribution < 1.29 is 4.74 Å². The van der Waals surface area contributed by atoms with Crippen LogP contribution in [0.25, 0.3) is 0 Å². The van der Waals surface area contributed by atoms with Crippen LogP contribution in [0.4, 0.5) is 0 Å². The molecule has 0 aliphatic carbocycles. The van der Waals surface area contributed by atoms with Gasteiger partial charge in [-0.3, -0.25) is 4.90 Å². The quantitative estimate of drug-likeness (QED) is 0.628. The number of ether oxygens (including phenoxy) is 1. The molecule has 0 radical (unpaired) electrons. The van der Waals surface area contributed by atoms with Crippen LogP contribution >= 0.6 is 0 Å². The molecule has 4 nitrogen and oxygen atoms in total. The predicted molar refractivity (Wildman–Crippen MR) is 125 cm³/mol. The zero-order chi connectivity index (χ0) is 20.6. The molecule has 3 heterocycles. The smallest absolute Gasteiger partial charge is 0.0475 e. The first kappa shape index (κ1) is 22.3. The van der Waals surface area contributed by atoms with Crippen LogP contribution < -0.4 is 0 Å². The molecule has 1 aromatic carbocycles. The van der Waals surface area contributed by atoms with E-state index in [2.05, 4.69) is 45.0 Å². The highest BCUT2D eigenvalue weighted by atomic mass is 16.5. The molecular formula is C26H43N3O. The van der Waals surface area contributed by atoms with E-state index >= 15 is 0 Å². The Hall–Kier alpha value is -0.940. The van der Waals surface area contributed by atoms with E-state index in [1.807, 2.05) is 7.11 Å². The average molecular weight is 414 g/mol. The Morgan fingerprint density at radius 3 is 2.23 bits per heavy atom. The van der Waals surface area contributed by atoms with Crippen LogP contribution in [0.2, 0.25) is 0 Å². The van der Waals surface area contributed by atoms with Gasteiger partial charge >= 0.3 is 0 Å². The van der Waals surface area contributed by atoms with Crippen LogP contribution in [-0.4, -0.2) is 80.3 Å². The van der Waals surface area contributed by atoms with Crippen molar-refractivity contribution in [2.75, 3.05) is 59.5 Å². The molecule has 168 valence electrons. The third-order valence-electron chi connectivity index (χ3n) is 7.90. The van der Waals surface area contributed by atoms with Crippen molar-refractivity contribution in [1.29, 1.82) is 0 Å². The van der Waals surface area contributed by atoms with E-state index in [1.54, 1.807) is 0 Å². The summed E-state index contributed by atoms with van der Waals surface area (Å²) in [5, 5.41) is 0. The maximum Gasteiger partial charge on any atom is 0.0475 e. The standard InChI is InChI=1S/C26H43N3O/c1-30-21-14-23-10-19-29(20-11-23)26(24-8-4-2-5-9-24)22-27-17-12-25(13-18-27)28-15-6-3-7-16-28/h2,4-5,8-9,23,25-26H,3,6-7,10-22H2,1H3. The van der Waals surface area contributed by atoms with Crippen molar-refractivity contribution in [1.82, 2.24) is 14.7 Å². The lowest BCUT2D eigenvalue weighted by atomic mass is 9.91. The highest BCUT2D eigenvalue weighted by Gasteiger charge is 2.30. The Morgan fingerprint density at radius 1 is 0.867 bits per heavy atom. The van der Waals surface area contributed by atoms with Gasteiger partial charge in [-0.25, -0.2) is 0 Å². The van der Waals surface area contributed by atoms with Crippen LogP contribution in [-0.2, 0) is 4.74 Å². The van der Waals surface area contributed by atoms with E-state index in [-0.39, 0.29) is 0 Å². The van der Waals surface area contributed by atoms with Crippen LogP contribution in [0.5, 0.6) is 0 Å². The van der Waals surface area contributed by atoms with Crippen molar-refractivity contribution in [3.8, 4) is 0 Å². The summed E-state index contributed by atoms with van der Waals surface area (Å²) in [6.07, 6.45) is 10.9. The van der Waals surface area contributed by atoms with Crippen LogP contribution in [0.1, 0.15) is 63.0 Å². The summed E-state index contributed by atoms with van der Waals surface area (Å²) in [7, 11) is 1.83. The molecule has 0 amide bonds. The number of rotatable bonds is 8. The van der Waals surface area contributed by atoms with Crippen molar-refractivity contribution in [3.63, 3.8) is 0 Å². The summed E-state index contributed by atoms with van der Waals surface area (Å²) in [4.78, 5) is 8.32. The van der Waals surface area contributed by atoms with Crippen molar-refractivity contribution in [3.05, 3.63) is 35.9 Å². The molecule has 1 unspecified atom stereocenters. The minimum atomic E-state index is 0.543. The molecule has 0 aromatic heterocycles. The van der Waals surface area contributed by atoms with E-state index in [4.69, 9.17) is 4.74 Å². The lowest BCUT2D eigenvalue weighted by molar-refractivity contribution is 0.0570. The number of methoxy groups -OCH3 is 1. The molecule has 3 fully saturated rings. The van der Waals surface area contributed by atoms with Gasteiger partial charge in [0.15, 0.2) is 0 Å². The number of benzene rings is 1. The van der Waals surface area contributed by atoms with Crippen LogP contribution in [0.3, 0.4) is 0 Å². The molecule has 3 saturated heterocycles. The van der Waals surface area contributed by atoms with Gasteiger partial charge in [-0.15, -0.1) is 0 Å². The minimum absolute atomic E-state index is 0.543. The number of likely N-dealkylation sites (tertiary alicyclic amines) is 3. The zero-order valence-corrected chi connectivity index (χ0v) is 19.2. The van der Waals surface area contributed by atoms with E-state index in [9.17, 15) is 0 Å². The molecule has 4 rings (SSSR count). The first-order valence-corrected chi connectivity index (χ1v) is 12.6. The molecule has 0 N–H and O–H groups in total. The Kier molecular flexibility index (Phi) is 8.62. The van der Waals surface area contributed by atoms with Gasteiger partial charge in [0.2, 0.25) is 0 Å². The largest absolute Gasteiger partial charge is 0.385 e. The number of hydrogen-bond donors (Lipinski definition) is 0. The van der Waals surface area contributed by atoms with Gasteiger partial charge in [0.05, 0.1) is 0 Å². The SMILES string of the molecule is COCCC1CCN(C(CN2CCC(N3CCCCC3)CC2)c2ccccc2)CC1. The summed E-state index contributed by atoms with van der Waals surface area (Å²) in [6.45, 7) is 9.81. The summed E-state index contributed by atoms with van der Waals surface area (Å²) in [5.74, 6) is 0.845. The first-order valence-electron chi connectivity index (χ1n) is 12.6. The second-order valence-corrected chi connectivity index (χ2v) is 9.82. The molecule has 3 aliphatic rings. The molecule has 30 heavy (non-hydrogen) atoms. The number of nitrogens with zero attached hydrogens (tertiary/aromatic N) is 3. The third-order valence-corrected chi connectivity index (χ3v) is 7.90. The normalized spacial score (nSPS) is 24.8. The van der Waals surface area contributed by atoms with Gasteiger partial charge in [0, 0.05) is 32.3 Å². The minimum Gasteiger partial charge on any atom is -0.385 e. The summed E-state index contributed by atoms with van der Waals surface area (Å²) >= 11 is 0. The molecule has 0 spiro atoms. The second kappa shape index (κ2) is 11.6. The Bertz CT molecular complexity index is 588. The maximum absolute atomic E-state index is 5.32. The van der Waals surface area contributed by atoms with Crippen molar-refractivity contribution in [2.24, 2.45) is 5.92 Å². The Morgan fingerprint density at radius 2 is 1.57 bits per heavy atom. The molecule has 1 atom stereocenters. The van der Waals surface area contributed by atoms with Gasteiger partial charge in [0.25, 0.3) is 0 Å². The van der Waals surface area contributed by atoms with Gasteiger partial charge in [0.1, 0.15) is 0 Å². The van der Waals surface area contributed by atoms with Crippen LogP contribution in [0, 0.1) is 5.92 Å². The number of hydrogen-bond acceptors (Lipinski definition) is 4. The molecule has 0 saturated carbocycles. The highest BCUT2D eigenvalue weighted by molar-refractivity contribution is 5.20. The fourth-order valence-electron chi connectivity index (χ4n) is 5.94. The monoisotopic (exact) mass is 413 g/mol. The van der Waals surface area contributed by atoms with E-state index in [0.717, 1.165) is 18.6 Å². The Balaban J connectivity index is 1.32. The second-order valence-electron chi connectivity index (χ2n) is 9.82. The van der Waals surface area contributed by atoms with Crippen LogP contribution in [0.15, 0.2) is 30.3 Å². The lowest BCUT2D eigenvalue weighted by Gasteiger charge is -2.43. The zero-order valence-electron chi connectivity index (χ0n) is 19.2. The average Bonchev–Trinajstić information content (AvgIpc) is 2.83. The van der Waals surface area contributed by atoms with Crippen molar-refractivity contribution in [2.45, 2.75) is 63.5 Å². The molecule has 0 bridgehead atoms. The van der Waals surface area contributed by atoms with Gasteiger partial charge in [-0.1, -0.05) is 36.8 Å². The molecular weight excluding hydrogens is 370 g/mol. The van der Waals surface area contributed by atoms with E-state index in [1.165, 1.54) is 103 Å². The van der Waals surface area contributed by atoms with Gasteiger partial charge in [-0.05, 0) is 95.7 Å². The summed E-state index contributed by atoms with van der Waals surface area (Å²) in [6, 6.07) is 12.7. The maximum atomic E-state index is 5.32. The molecule has 3 aliphatic heterocycles. The van der Waals surface area contributed by atoms with Gasteiger partial charge in [-0.2, -0.15) is 0 Å². The molecule has 4 heteroatoms.